The van der Waals surface area contributed by atoms with Crippen LogP contribution in [-0.4, -0.2) is 30.0 Å². The van der Waals surface area contributed by atoms with E-state index in [4.69, 9.17) is 4.74 Å². The lowest BCUT2D eigenvalue weighted by Gasteiger charge is -2.09. The minimum atomic E-state index is -0.0987. The first-order valence-electron chi connectivity index (χ1n) is 5.71. The summed E-state index contributed by atoms with van der Waals surface area (Å²) in [7, 11) is 1.60. The van der Waals surface area contributed by atoms with Gasteiger partial charge in [0.2, 0.25) is 5.88 Å². The smallest absolute Gasteiger partial charge is 0.258 e. The minimum Gasteiger partial charge on any atom is -0.481 e. The van der Waals surface area contributed by atoms with Gasteiger partial charge in [-0.15, -0.1) is 0 Å². The Morgan fingerprint density at radius 2 is 2.21 bits per heavy atom. The second-order valence-electron chi connectivity index (χ2n) is 3.65. The van der Waals surface area contributed by atoms with Crippen LogP contribution in [0.2, 0.25) is 0 Å². The lowest BCUT2D eigenvalue weighted by atomic mass is 10.2. The molecule has 0 fully saturated rings. The molecule has 3 rings (SSSR count). The summed E-state index contributed by atoms with van der Waals surface area (Å²) in [6.45, 7) is 0.552. The maximum absolute atomic E-state index is 11.1. The minimum absolute atomic E-state index is 0.0987. The molecule has 0 bridgehead atoms. The number of pyridine rings is 2. The van der Waals surface area contributed by atoms with Crippen molar-refractivity contribution in [1.29, 1.82) is 0 Å². The second-order valence-corrected chi connectivity index (χ2v) is 3.65. The SMILES string of the molecule is COc1ccccn1.O=c1[nH]ccc2c1C=NCN2. The number of methoxy groups -OCH3 is 1. The molecule has 0 spiro atoms. The third-order valence-corrected chi connectivity index (χ3v) is 2.43. The van der Waals surface area contributed by atoms with E-state index in [-0.39, 0.29) is 5.56 Å². The van der Waals surface area contributed by atoms with Crippen LogP contribution >= 0.6 is 0 Å². The Hall–Kier alpha value is -2.63. The van der Waals surface area contributed by atoms with Crippen LogP contribution in [0.1, 0.15) is 5.56 Å². The number of fused-ring (bicyclic) bond motifs is 1. The van der Waals surface area contributed by atoms with E-state index in [9.17, 15) is 4.79 Å². The standard InChI is InChI=1S/C7H7N3O.C6H7NO/c11-7-5-3-8-4-10-6(5)1-2-9-7;1-8-6-4-2-3-5-7-6/h1-3,10H,4H2,(H,9,11);2-5H,1H3. The van der Waals surface area contributed by atoms with Gasteiger partial charge in [-0.05, 0) is 12.1 Å². The topological polar surface area (TPSA) is 79.4 Å². The van der Waals surface area contributed by atoms with Crippen molar-refractivity contribution >= 4 is 11.9 Å². The van der Waals surface area contributed by atoms with Crippen molar-refractivity contribution in [2.75, 3.05) is 19.1 Å². The lowest BCUT2D eigenvalue weighted by molar-refractivity contribution is 0.398. The maximum atomic E-state index is 11.1. The Bertz CT molecular complexity index is 608. The molecule has 3 heterocycles. The molecule has 98 valence electrons. The first-order valence-corrected chi connectivity index (χ1v) is 5.71. The average molecular weight is 258 g/mol. The van der Waals surface area contributed by atoms with E-state index in [1.165, 1.54) is 0 Å². The monoisotopic (exact) mass is 258 g/mol. The molecule has 0 atom stereocenters. The third kappa shape index (κ3) is 3.41. The third-order valence-electron chi connectivity index (χ3n) is 2.43. The van der Waals surface area contributed by atoms with Gasteiger partial charge < -0.3 is 15.0 Å². The van der Waals surface area contributed by atoms with Gasteiger partial charge in [-0.25, -0.2) is 4.98 Å². The first-order chi connectivity index (χ1) is 9.31. The summed E-state index contributed by atoms with van der Waals surface area (Å²) in [5, 5.41) is 2.99. The van der Waals surface area contributed by atoms with Gasteiger partial charge in [0.1, 0.15) is 6.67 Å². The highest BCUT2D eigenvalue weighted by Crippen LogP contribution is 2.09. The van der Waals surface area contributed by atoms with Crippen LogP contribution in [0.4, 0.5) is 5.69 Å². The van der Waals surface area contributed by atoms with Crippen LogP contribution in [0, 0.1) is 0 Å². The molecule has 0 radical (unpaired) electrons. The van der Waals surface area contributed by atoms with E-state index in [1.54, 1.807) is 31.8 Å². The van der Waals surface area contributed by atoms with Crippen molar-refractivity contribution in [1.82, 2.24) is 9.97 Å². The summed E-state index contributed by atoms with van der Waals surface area (Å²) in [6.07, 6.45) is 4.90. The number of rotatable bonds is 1. The number of hydrogen-bond donors (Lipinski definition) is 2. The molecular formula is C13H14N4O2. The zero-order valence-electron chi connectivity index (χ0n) is 10.5. The molecule has 19 heavy (non-hydrogen) atoms. The summed E-state index contributed by atoms with van der Waals surface area (Å²) < 4.78 is 4.80. The highest BCUT2D eigenvalue weighted by atomic mass is 16.5. The number of ether oxygens (including phenoxy) is 1. The Morgan fingerprint density at radius 3 is 2.84 bits per heavy atom. The quantitative estimate of drug-likeness (QED) is 0.807. The van der Waals surface area contributed by atoms with Crippen molar-refractivity contribution in [3.8, 4) is 5.88 Å². The lowest BCUT2D eigenvalue weighted by Crippen LogP contribution is -2.18. The number of aromatic amines is 1. The maximum Gasteiger partial charge on any atom is 0.258 e. The summed E-state index contributed by atoms with van der Waals surface area (Å²) >= 11 is 0. The molecule has 0 aromatic carbocycles. The van der Waals surface area contributed by atoms with Crippen LogP contribution in [0.5, 0.6) is 5.88 Å². The van der Waals surface area contributed by atoms with Crippen molar-refractivity contribution in [2.24, 2.45) is 4.99 Å². The van der Waals surface area contributed by atoms with Gasteiger partial charge in [-0.1, -0.05) is 6.07 Å². The molecule has 2 N–H and O–H groups in total. The molecule has 6 nitrogen and oxygen atoms in total. The molecule has 6 heteroatoms. The Balaban J connectivity index is 0.000000148. The van der Waals surface area contributed by atoms with Crippen molar-refractivity contribution in [3.63, 3.8) is 0 Å². The van der Waals surface area contributed by atoms with Crippen LogP contribution in [0.25, 0.3) is 0 Å². The van der Waals surface area contributed by atoms with Gasteiger partial charge in [-0.2, -0.15) is 0 Å². The molecule has 0 unspecified atom stereocenters. The second kappa shape index (κ2) is 6.34. The van der Waals surface area contributed by atoms with Crippen LogP contribution < -0.4 is 15.6 Å². The highest BCUT2D eigenvalue weighted by Gasteiger charge is 2.05. The largest absolute Gasteiger partial charge is 0.481 e. The fourth-order valence-electron chi connectivity index (χ4n) is 1.51. The molecule has 0 saturated heterocycles. The fourth-order valence-corrected chi connectivity index (χ4v) is 1.51. The number of aliphatic imine (C=N–C) groups is 1. The summed E-state index contributed by atoms with van der Waals surface area (Å²) in [4.78, 5) is 21.4. The van der Waals surface area contributed by atoms with Gasteiger partial charge in [0.25, 0.3) is 5.56 Å². The Morgan fingerprint density at radius 1 is 1.32 bits per heavy atom. The van der Waals surface area contributed by atoms with Gasteiger partial charge in [0, 0.05) is 24.7 Å². The van der Waals surface area contributed by atoms with E-state index >= 15 is 0 Å². The van der Waals surface area contributed by atoms with Crippen molar-refractivity contribution in [2.45, 2.75) is 0 Å². The average Bonchev–Trinajstić information content (AvgIpc) is 2.49. The predicted octanol–water partition coefficient (Wildman–Crippen LogP) is 1.27. The molecule has 0 saturated carbocycles. The summed E-state index contributed by atoms with van der Waals surface area (Å²) in [6, 6.07) is 7.36. The van der Waals surface area contributed by atoms with Crippen LogP contribution in [0.3, 0.4) is 0 Å². The van der Waals surface area contributed by atoms with Gasteiger partial charge in [0.05, 0.1) is 18.4 Å². The number of nitrogens with one attached hydrogen (secondary N) is 2. The van der Waals surface area contributed by atoms with Crippen LogP contribution in [0.15, 0.2) is 46.4 Å². The van der Waals surface area contributed by atoms with E-state index in [0.29, 0.717) is 18.1 Å². The molecule has 0 amide bonds. The van der Waals surface area contributed by atoms with E-state index < -0.39 is 0 Å². The number of hydrogen-bond acceptors (Lipinski definition) is 5. The van der Waals surface area contributed by atoms with Crippen molar-refractivity contribution < 1.29 is 4.74 Å². The first kappa shape index (κ1) is 12.8. The molecule has 2 aromatic heterocycles. The predicted molar refractivity (Wildman–Crippen MR) is 73.9 cm³/mol. The molecule has 1 aliphatic heterocycles. The fraction of sp³-hybridized carbons (Fsp3) is 0.154. The van der Waals surface area contributed by atoms with Gasteiger partial charge in [-0.3, -0.25) is 9.79 Å². The zero-order chi connectivity index (χ0) is 13.5. The Labute approximate surface area is 110 Å². The Kier molecular flexibility index (Phi) is 4.28. The molecule has 1 aliphatic rings. The summed E-state index contributed by atoms with van der Waals surface area (Å²) in [5.74, 6) is 0.660. The highest BCUT2D eigenvalue weighted by molar-refractivity contribution is 5.88. The van der Waals surface area contributed by atoms with E-state index in [0.717, 1.165) is 5.69 Å². The molecule has 2 aromatic rings. The molecular weight excluding hydrogens is 244 g/mol. The van der Waals surface area contributed by atoms with Gasteiger partial charge in [0.15, 0.2) is 0 Å². The van der Waals surface area contributed by atoms with Crippen LogP contribution in [-0.2, 0) is 0 Å². The summed E-state index contributed by atoms with van der Waals surface area (Å²) in [5.41, 5.74) is 1.36. The number of anilines is 1. The van der Waals surface area contributed by atoms with E-state index in [2.05, 4.69) is 20.3 Å². The number of H-pyrrole nitrogens is 1. The van der Waals surface area contributed by atoms with E-state index in [1.807, 2.05) is 18.2 Å². The van der Waals surface area contributed by atoms with Crippen molar-refractivity contribution in [3.05, 3.63) is 52.6 Å². The number of aromatic nitrogens is 2. The molecule has 0 aliphatic carbocycles. The zero-order valence-corrected chi connectivity index (χ0v) is 10.5. The number of nitrogens with zero attached hydrogens (tertiary/aromatic N) is 2. The van der Waals surface area contributed by atoms with Gasteiger partial charge >= 0.3 is 0 Å². The normalized spacial score (nSPS) is 11.6.